The van der Waals surface area contributed by atoms with Gasteiger partial charge in [0, 0.05) is 51.7 Å². The molecule has 4 rings (SSSR count). The Balaban J connectivity index is 1.96. The number of rotatable bonds is 5. The summed E-state index contributed by atoms with van der Waals surface area (Å²) >= 11 is 0. The van der Waals surface area contributed by atoms with Gasteiger partial charge in [-0.2, -0.15) is 0 Å². The van der Waals surface area contributed by atoms with Crippen molar-refractivity contribution in [2.75, 3.05) is 44.5 Å². The first kappa shape index (κ1) is 21.6. The molecule has 0 N–H and O–H groups in total. The minimum absolute atomic E-state index is 0.776. The molecule has 0 aromatic heterocycles. The van der Waals surface area contributed by atoms with Crippen molar-refractivity contribution in [2.24, 2.45) is 4.99 Å². The van der Waals surface area contributed by atoms with Crippen molar-refractivity contribution in [3.05, 3.63) is 107 Å². The summed E-state index contributed by atoms with van der Waals surface area (Å²) in [5, 5.41) is 0. The number of fused-ring (bicyclic) bond motifs is 1. The van der Waals surface area contributed by atoms with Crippen LogP contribution >= 0.6 is 0 Å². The van der Waals surface area contributed by atoms with Gasteiger partial charge in [0.15, 0.2) is 0 Å². The maximum atomic E-state index is 4.72. The van der Waals surface area contributed by atoms with Crippen LogP contribution in [0.15, 0.2) is 89.9 Å². The van der Waals surface area contributed by atoms with E-state index in [2.05, 4.69) is 130 Å². The average Bonchev–Trinajstić information content (AvgIpc) is 2.81. The summed E-state index contributed by atoms with van der Waals surface area (Å²) in [5.74, 6) is 0. The number of nitrogens with zero attached hydrogens (tertiary/aromatic N) is 3. The van der Waals surface area contributed by atoms with Crippen LogP contribution in [-0.4, -0.2) is 40.4 Å². The molecule has 3 aromatic carbocycles. The zero-order chi connectivity index (χ0) is 22.7. The quantitative estimate of drug-likeness (QED) is 0.491. The Hall–Kier alpha value is -3.59. The summed E-state index contributed by atoms with van der Waals surface area (Å²) in [6.45, 7) is 2.86. The lowest BCUT2D eigenvalue weighted by Gasteiger charge is -2.22. The monoisotopic (exact) mass is 421 g/mol. The Morgan fingerprint density at radius 2 is 1.16 bits per heavy atom. The second kappa shape index (κ2) is 9.27. The third-order valence-corrected chi connectivity index (χ3v) is 5.84. The van der Waals surface area contributed by atoms with Crippen molar-refractivity contribution in [3.63, 3.8) is 0 Å². The van der Waals surface area contributed by atoms with Crippen molar-refractivity contribution in [1.82, 2.24) is 0 Å². The zero-order valence-corrected chi connectivity index (χ0v) is 19.6. The van der Waals surface area contributed by atoms with E-state index in [-0.39, 0.29) is 0 Å². The lowest BCUT2D eigenvalue weighted by molar-refractivity contribution is 1.13. The van der Waals surface area contributed by atoms with E-state index in [0.29, 0.717) is 0 Å². The first-order valence-electron chi connectivity index (χ1n) is 11.1. The number of hydrogen-bond donors (Lipinski definition) is 0. The van der Waals surface area contributed by atoms with Gasteiger partial charge in [-0.25, -0.2) is 0 Å². The molecule has 0 heterocycles. The standard InChI is InChI=1S/C29H31N3/c1-6-30-28-20-19-27(25-9-7-8-10-26(25)28)29(21-11-15-23(16-12-21)31(2)3)22-13-17-24(18-14-22)32(4)5/h7-20H,6H2,1-5H3. The lowest BCUT2D eigenvalue weighted by Crippen LogP contribution is -2.10. The van der Waals surface area contributed by atoms with Crippen molar-refractivity contribution >= 4 is 28.2 Å². The molecule has 3 aromatic rings. The largest absolute Gasteiger partial charge is 0.378 e. The van der Waals surface area contributed by atoms with Gasteiger partial charge in [-0.15, -0.1) is 0 Å². The topological polar surface area (TPSA) is 18.8 Å². The normalized spacial score (nSPS) is 13.8. The summed E-state index contributed by atoms with van der Waals surface area (Å²) in [4.78, 5) is 8.98. The molecule has 0 spiro atoms. The molecule has 0 atom stereocenters. The van der Waals surface area contributed by atoms with E-state index in [1.807, 2.05) is 0 Å². The van der Waals surface area contributed by atoms with E-state index in [1.54, 1.807) is 0 Å². The van der Waals surface area contributed by atoms with Gasteiger partial charge in [0.05, 0.1) is 5.71 Å². The Bertz CT molecular complexity index is 1120. The highest BCUT2D eigenvalue weighted by molar-refractivity contribution is 6.19. The molecule has 0 bridgehead atoms. The summed E-state index contributed by atoms with van der Waals surface area (Å²) in [7, 11) is 8.29. The second-order valence-electron chi connectivity index (χ2n) is 8.41. The molecule has 0 amide bonds. The van der Waals surface area contributed by atoms with E-state index in [4.69, 9.17) is 4.99 Å². The molecule has 162 valence electrons. The summed E-state index contributed by atoms with van der Waals surface area (Å²) < 4.78 is 0. The highest BCUT2D eigenvalue weighted by Crippen LogP contribution is 2.38. The fourth-order valence-electron chi connectivity index (χ4n) is 4.14. The van der Waals surface area contributed by atoms with Crippen LogP contribution in [0.4, 0.5) is 11.4 Å². The van der Waals surface area contributed by atoms with Crippen LogP contribution in [0.25, 0.3) is 11.1 Å². The van der Waals surface area contributed by atoms with Crippen LogP contribution in [0.1, 0.15) is 29.2 Å². The third kappa shape index (κ3) is 4.24. The molecule has 0 saturated carbocycles. The Morgan fingerprint density at radius 1 is 0.656 bits per heavy atom. The van der Waals surface area contributed by atoms with Crippen molar-refractivity contribution in [1.29, 1.82) is 0 Å². The fourth-order valence-corrected chi connectivity index (χ4v) is 4.14. The summed E-state index contributed by atoms with van der Waals surface area (Å²) in [5.41, 5.74) is 10.7. The first-order chi connectivity index (χ1) is 15.5. The molecule has 1 aliphatic rings. The Labute approximate surface area is 192 Å². The third-order valence-electron chi connectivity index (χ3n) is 5.84. The van der Waals surface area contributed by atoms with Gasteiger partial charge < -0.3 is 9.80 Å². The molecule has 32 heavy (non-hydrogen) atoms. The van der Waals surface area contributed by atoms with Crippen LogP contribution in [0.5, 0.6) is 0 Å². The summed E-state index contributed by atoms with van der Waals surface area (Å²) in [6, 6.07) is 26.2. The average molecular weight is 422 g/mol. The first-order valence-corrected chi connectivity index (χ1v) is 11.1. The molecular formula is C29H31N3. The van der Waals surface area contributed by atoms with Gasteiger partial charge in [0.1, 0.15) is 0 Å². The number of hydrogen-bond acceptors (Lipinski definition) is 3. The number of benzene rings is 3. The van der Waals surface area contributed by atoms with Crippen molar-refractivity contribution in [2.45, 2.75) is 6.92 Å². The van der Waals surface area contributed by atoms with Gasteiger partial charge in [-0.3, -0.25) is 4.99 Å². The van der Waals surface area contributed by atoms with Crippen molar-refractivity contribution < 1.29 is 0 Å². The highest BCUT2D eigenvalue weighted by Gasteiger charge is 2.20. The molecule has 0 unspecified atom stereocenters. The highest BCUT2D eigenvalue weighted by atomic mass is 15.1. The van der Waals surface area contributed by atoms with Gasteiger partial charge >= 0.3 is 0 Å². The summed E-state index contributed by atoms with van der Waals surface area (Å²) in [6.07, 6.45) is 4.38. The van der Waals surface area contributed by atoms with Gasteiger partial charge in [-0.1, -0.05) is 54.6 Å². The molecule has 0 aliphatic heterocycles. The molecule has 0 radical (unpaired) electrons. The number of anilines is 2. The van der Waals surface area contributed by atoms with E-state index >= 15 is 0 Å². The number of aliphatic imine (C=N–C) groups is 1. The van der Waals surface area contributed by atoms with Crippen LogP contribution < -0.4 is 9.80 Å². The van der Waals surface area contributed by atoms with E-state index < -0.39 is 0 Å². The van der Waals surface area contributed by atoms with Crippen LogP contribution in [0.3, 0.4) is 0 Å². The van der Waals surface area contributed by atoms with E-state index in [0.717, 1.165) is 12.3 Å². The van der Waals surface area contributed by atoms with E-state index in [1.165, 1.54) is 44.8 Å². The van der Waals surface area contributed by atoms with Crippen LogP contribution in [0, 0.1) is 0 Å². The van der Waals surface area contributed by atoms with E-state index in [9.17, 15) is 0 Å². The Morgan fingerprint density at radius 3 is 1.62 bits per heavy atom. The van der Waals surface area contributed by atoms with Crippen molar-refractivity contribution in [3.8, 4) is 0 Å². The predicted octanol–water partition coefficient (Wildman–Crippen LogP) is 6.16. The van der Waals surface area contributed by atoms with Gasteiger partial charge in [0.25, 0.3) is 0 Å². The molecule has 0 fully saturated rings. The SMILES string of the molecule is CCN=C1C=CC(=C(c2ccc(N(C)C)cc2)c2ccc(N(C)C)cc2)c2ccccc21. The smallest absolute Gasteiger partial charge is 0.0652 e. The molecule has 1 aliphatic carbocycles. The molecule has 3 heteroatoms. The fraction of sp³-hybridized carbons (Fsp3) is 0.207. The minimum Gasteiger partial charge on any atom is -0.378 e. The number of allylic oxidation sites excluding steroid dienone is 3. The second-order valence-corrected chi connectivity index (χ2v) is 8.41. The molecule has 0 saturated heterocycles. The van der Waals surface area contributed by atoms with Gasteiger partial charge in [-0.05, 0) is 65.1 Å². The van der Waals surface area contributed by atoms with Crippen LogP contribution in [-0.2, 0) is 0 Å². The Kier molecular flexibility index (Phi) is 6.27. The predicted molar refractivity (Wildman–Crippen MR) is 140 cm³/mol. The zero-order valence-electron chi connectivity index (χ0n) is 19.6. The lowest BCUT2D eigenvalue weighted by atomic mass is 9.83. The van der Waals surface area contributed by atoms with Gasteiger partial charge in [0.2, 0.25) is 0 Å². The maximum absolute atomic E-state index is 4.72. The minimum atomic E-state index is 0.776. The molecule has 3 nitrogen and oxygen atoms in total. The molecular weight excluding hydrogens is 390 g/mol. The van der Waals surface area contributed by atoms with Crippen LogP contribution in [0.2, 0.25) is 0 Å². The maximum Gasteiger partial charge on any atom is 0.0652 e.